The monoisotopic (exact) mass is 470 g/mol. The van der Waals surface area contributed by atoms with Crippen LogP contribution in [0.1, 0.15) is 17.7 Å². The number of carbonyl (C=O) groups is 1. The number of hydrogen-bond acceptors (Lipinski definition) is 4. The summed E-state index contributed by atoms with van der Waals surface area (Å²) < 4.78 is 37.6. The predicted molar refractivity (Wildman–Crippen MR) is 107 cm³/mol. The number of likely N-dealkylation sites (tertiary alicyclic amines) is 1. The number of carbonyl (C=O) groups excluding carboxylic acids is 1. The SMILES string of the molecule is Cc1cc(OC2CN(C(=O)CCc3cc(Br)ccc3OC(F)F)C2)cc(=O)n1C. The van der Waals surface area contributed by atoms with Crippen molar-refractivity contribution in [3.05, 3.63) is 56.4 Å². The van der Waals surface area contributed by atoms with Gasteiger partial charge in [-0.25, -0.2) is 0 Å². The molecule has 29 heavy (non-hydrogen) atoms. The maximum Gasteiger partial charge on any atom is 0.387 e. The number of alkyl halides is 2. The predicted octanol–water partition coefficient (Wildman–Crippen LogP) is 3.28. The highest BCUT2D eigenvalue weighted by Gasteiger charge is 2.32. The Morgan fingerprint density at radius 1 is 1.28 bits per heavy atom. The van der Waals surface area contributed by atoms with Crippen LogP contribution in [-0.4, -0.2) is 41.2 Å². The third-order valence-electron chi connectivity index (χ3n) is 4.83. The molecule has 1 aromatic heterocycles. The summed E-state index contributed by atoms with van der Waals surface area (Å²) in [6.45, 7) is -0.256. The number of aromatic nitrogens is 1. The van der Waals surface area contributed by atoms with E-state index in [2.05, 4.69) is 20.7 Å². The largest absolute Gasteiger partial charge is 0.486 e. The van der Waals surface area contributed by atoms with Crippen molar-refractivity contribution >= 4 is 21.8 Å². The lowest BCUT2D eigenvalue weighted by Gasteiger charge is -2.39. The highest BCUT2D eigenvalue weighted by molar-refractivity contribution is 9.10. The van der Waals surface area contributed by atoms with Gasteiger partial charge in [0.05, 0.1) is 13.1 Å². The summed E-state index contributed by atoms with van der Waals surface area (Å²) in [5.41, 5.74) is 1.18. The van der Waals surface area contributed by atoms with Gasteiger partial charge in [0.2, 0.25) is 5.91 Å². The number of benzene rings is 1. The van der Waals surface area contributed by atoms with Gasteiger partial charge in [-0.2, -0.15) is 8.78 Å². The Hall–Kier alpha value is -2.42. The van der Waals surface area contributed by atoms with E-state index in [9.17, 15) is 18.4 Å². The molecular weight excluding hydrogens is 450 g/mol. The Bertz CT molecular complexity index is 958. The lowest BCUT2D eigenvalue weighted by Crippen LogP contribution is -2.56. The molecule has 1 fully saturated rings. The minimum absolute atomic E-state index is 0.0712. The van der Waals surface area contributed by atoms with Gasteiger partial charge in [-0.1, -0.05) is 15.9 Å². The van der Waals surface area contributed by atoms with E-state index in [0.717, 1.165) is 10.2 Å². The zero-order valence-electron chi connectivity index (χ0n) is 16.0. The van der Waals surface area contributed by atoms with E-state index in [-0.39, 0.29) is 36.2 Å². The minimum atomic E-state index is -2.92. The van der Waals surface area contributed by atoms with Crippen LogP contribution in [0.15, 0.2) is 39.6 Å². The number of aryl methyl sites for hydroxylation is 2. The van der Waals surface area contributed by atoms with E-state index >= 15 is 0 Å². The van der Waals surface area contributed by atoms with Crippen LogP contribution in [0.4, 0.5) is 8.78 Å². The van der Waals surface area contributed by atoms with E-state index in [1.54, 1.807) is 30.1 Å². The number of hydrogen-bond donors (Lipinski definition) is 0. The van der Waals surface area contributed by atoms with Crippen molar-refractivity contribution in [2.24, 2.45) is 7.05 Å². The van der Waals surface area contributed by atoms with Gasteiger partial charge in [0, 0.05) is 29.7 Å². The summed E-state index contributed by atoms with van der Waals surface area (Å²) >= 11 is 3.30. The molecule has 2 heterocycles. The standard InChI is InChI=1S/C20H21BrF2N2O4/c1-12-7-15(9-19(27)24(12)2)28-16-10-25(11-16)18(26)6-3-13-8-14(21)4-5-17(13)29-20(22)23/h4-5,7-9,16,20H,3,6,10-11H2,1-2H3. The number of rotatable bonds is 7. The van der Waals surface area contributed by atoms with Crippen molar-refractivity contribution in [1.82, 2.24) is 9.47 Å². The molecule has 0 N–H and O–H groups in total. The molecule has 1 aromatic carbocycles. The molecule has 0 bridgehead atoms. The summed E-state index contributed by atoms with van der Waals surface area (Å²) in [6, 6.07) is 7.94. The summed E-state index contributed by atoms with van der Waals surface area (Å²) in [4.78, 5) is 25.8. The molecule has 156 valence electrons. The van der Waals surface area contributed by atoms with E-state index < -0.39 is 6.61 Å². The van der Waals surface area contributed by atoms with E-state index in [0.29, 0.717) is 24.4 Å². The van der Waals surface area contributed by atoms with Crippen molar-refractivity contribution in [2.45, 2.75) is 32.5 Å². The average Bonchev–Trinajstić information content (AvgIpc) is 2.61. The van der Waals surface area contributed by atoms with Gasteiger partial charge in [0.15, 0.2) is 0 Å². The van der Waals surface area contributed by atoms with Crippen LogP contribution in [0.3, 0.4) is 0 Å². The molecule has 2 aromatic rings. The molecular formula is C20H21BrF2N2O4. The molecule has 3 rings (SSSR count). The second-order valence-electron chi connectivity index (χ2n) is 6.90. The molecule has 9 heteroatoms. The van der Waals surface area contributed by atoms with E-state index in [4.69, 9.17) is 4.74 Å². The van der Waals surface area contributed by atoms with Crippen molar-refractivity contribution < 1.29 is 23.0 Å². The number of ether oxygens (including phenoxy) is 2. The minimum Gasteiger partial charge on any atom is -0.486 e. The number of nitrogens with zero attached hydrogens (tertiary/aromatic N) is 2. The molecule has 0 radical (unpaired) electrons. The van der Waals surface area contributed by atoms with Crippen LogP contribution in [0.25, 0.3) is 0 Å². The van der Waals surface area contributed by atoms with Gasteiger partial charge in [-0.3, -0.25) is 9.59 Å². The molecule has 0 saturated carbocycles. The highest BCUT2D eigenvalue weighted by Crippen LogP contribution is 2.27. The van der Waals surface area contributed by atoms with E-state index in [1.807, 2.05) is 6.92 Å². The first-order valence-electron chi connectivity index (χ1n) is 9.08. The molecule has 1 amide bonds. The van der Waals surface area contributed by atoms with Crippen LogP contribution < -0.4 is 15.0 Å². The highest BCUT2D eigenvalue weighted by atomic mass is 79.9. The fourth-order valence-electron chi connectivity index (χ4n) is 3.07. The van der Waals surface area contributed by atoms with E-state index in [1.165, 1.54) is 16.7 Å². The zero-order valence-corrected chi connectivity index (χ0v) is 17.6. The third-order valence-corrected chi connectivity index (χ3v) is 5.32. The Morgan fingerprint density at radius 3 is 2.66 bits per heavy atom. The maximum atomic E-state index is 12.5. The summed E-state index contributed by atoms with van der Waals surface area (Å²) in [5, 5.41) is 0. The quantitative estimate of drug-likeness (QED) is 0.622. The third kappa shape index (κ3) is 5.35. The first-order chi connectivity index (χ1) is 13.7. The average molecular weight is 471 g/mol. The summed E-state index contributed by atoms with van der Waals surface area (Å²) in [5.74, 6) is 0.473. The maximum absolute atomic E-state index is 12.5. The van der Waals surface area contributed by atoms with Crippen LogP contribution >= 0.6 is 15.9 Å². The normalized spacial score (nSPS) is 14.1. The molecule has 6 nitrogen and oxygen atoms in total. The fourth-order valence-corrected chi connectivity index (χ4v) is 3.48. The van der Waals surface area contributed by atoms with Crippen molar-refractivity contribution in [2.75, 3.05) is 13.1 Å². The number of pyridine rings is 1. The van der Waals surface area contributed by atoms with Crippen molar-refractivity contribution in [3.63, 3.8) is 0 Å². The van der Waals surface area contributed by atoms with Crippen molar-refractivity contribution in [3.8, 4) is 11.5 Å². The molecule has 1 saturated heterocycles. The van der Waals surface area contributed by atoms with Gasteiger partial charge in [-0.05, 0) is 43.2 Å². The molecule has 0 aliphatic carbocycles. The Balaban J connectivity index is 1.51. The van der Waals surface area contributed by atoms with Gasteiger partial charge in [-0.15, -0.1) is 0 Å². The second-order valence-corrected chi connectivity index (χ2v) is 7.81. The van der Waals surface area contributed by atoms with Crippen LogP contribution in [0, 0.1) is 6.92 Å². The Morgan fingerprint density at radius 2 is 2.00 bits per heavy atom. The van der Waals surface area contributed by atoms with Crippen molar-refractivity contribution in [1.29, 1.82) is 0 Å². The molecule has 0 unspecified atom stereocenters. The molecule has 0 spiro atoms. The smallest absolute Gasteiger partial charge is 0.387 e. The zero-order chi connectivity index (χ0) is 21.1. The summed E-state index contributed by atoms with van der Waals surface area (Å²) in [7, 11) is 1.69. The lowest BCUT2D eigenvalue weighted by molar-refractivity contribution is -0.139. The first kappa shape index (κ1) is 21.3. The van der Waals surface area contributed by atoms with Crippen LogP contribution in [0.2, 0.25) is 0 Å². The summed E-state index contributed by atoms with van der Waals surface area (Å²) in [6.07, 6.45) is 0.290. The van der Waals surface area contributed by atoms with Crippen LogP contribution in [-0.2, 0) is 18.3 Å². The van der Waals surface area contributed by atoms with Gasteiger partial charge in [0.1, 0.15) is 17.6 Å². The van der Waals surface area contributed by atoms with Crippen LogP contribution in [0.5, 0.6) is 11.5 Å². The van der Waals surface area contributed by atoms with Gasteiger partial charge in [0.25, 0.3) is 5.56 Å². The molecule has 0 atom stereocenters. The number of halogens is 3. The lowest BCUT2D eigenvalue weighted by atomic mass is 10.1. The second kappa shape index (κ2) is 8.94. The first-order valence-corrected chi connectivity index (χ1v) is 9.87. The Kier molecular flexibility index (Phi) is 6.56. The Labute approximate surface area is 175 Å². The fraction of sp³-hybridized carbons (Fsp3) is 0.400. The van der Waals surface area contributed by atoms with Gasteiger partial charge >= 0.3 is 6.61 Å². The van der Waals surface area contributed by atoms with Gasteiger partial charge < -0.3 is 18.9 Å². The topological polar surface area (TPSA) is 60.8 Å². The molecule has 1 aliphatic heterocycles. The number of amides is 1. The molecule has 1 aliphatic rings.